The molecule has 0 fully saturated rings. The summed E-state index contributed by atoms with van der Waals surface area (Å²) in [6.45, 7) is 0. The van der Waals surface area contributed by atoms with E-state index < -0.39 is 7.37 Å². The molecule has 0 saturated heterocycles. The highest BCUT2D eigenvalue weighted by atomic mass is 31.2. The molecule has 4 nitrogen and oxygen atoms in total. The maximum Gasteiger partial charge on any atom is 0.261 e. The predicted octanol–water partition coefficient (Wildman–Crippen LogP) is 2.58. The van der Waals surface area contributed by atoms with E-state index in [1.165, 1.54) is 7.11 Å². The van der Waals surface area contributed by atoms with Gasteiger partial charge in [0.05, 0.1) is 14.2 Å². The Morgan fingerprint density at radius 2 is 1.25 bits per heavy atom. The molecule has 106 valence electrons. The molecule has 2 aromatic rings. The van der Waals surface area contributed by atoms with Gasteiger partial charge < -0.3 is 14.0 Å². The Kier molecular flexibility index (Phi) is 4.48. The number of benzene rings is 2. The smallest absolute Gasteiger partial charge is 0.261 e. The molecule has 0 bridgehead atoms. The van der Waals surface area contributed by atoms with Gasteiger partial charge in [-0.15, -0.1) is 0 Å². The van der Waals surface area contributed by atoms with Crippen molar-refractivity contribution in [1.82, 2.24) is 0 Å². The predicted molar refractivity (Wildman–Crippen MR) is 79.9 cm³/mol. The molecule has 20 heavy (non-hydrogen) atoms. The van der Waals surface area contributed by atoms with Gasteiger partial charge in [-0.25, -0.2) is 0 Å². The largest absolute Gasteiger partial charge is 0.497 e. The van der Waals surface area contributed by atoms with Gasteiger partial charge in [0.25, 0.3) is 7.37 Å². The van der Waals surface area contributed by atoms with Crippen LogP contribution in [-0.2, 0) is 9.09 Å². The molecule has 5 heteroatoms. The summed E-state index contributed by atoms with van der Waals surface area (Å²) in [7, 11) is 1.44. The van der Waals surface area contributed by atoms with E-state index >= 15 is 0 Å². The summed E-state index contributed by atoms with van der Waals surface area (Å²) >= 11 is 0. The molecule has 2 aromatic carbocycles. The Morgan fingerprint density at radius 3 is 1.60 bits per heavy atom. The highest BCUT2D eigenvalue weighted by molar-refractivity contribution is 7.74. The zero-order chi connectivity index (χ0) is 14.6. The van der Waals surface area contributed by atoms with Crippen LogP contribution in [0, 0.1) is 0 Å². The monoisotopic (exact) mass is 292 g/mol. The first-order valence-electron chi connectivity index (χ1n) is 6.09. The minimum absolute atomic E-state index is 0.590. The molecule has 0 N–H and O–H groups in total. The molecule has 0 spiro atoms. The molecule has 0 aliphatic rings. The summed E-state index contributed by atoms with van der Waals surface area (Å²) in [5.41, 5.74) is 0. The lowest BCUT2D eigenvalue weighted by Gasteiger charge is -2.18. The van der Waals surface area contributed by atoms with Gasteiger partial charge in [-0.3, -0.25) is 4.57 Å². The number of methoxy groups -OCH3 is 2. The SMILES string of the molecule is COc1cccc(P(=O)(OC)c2cccc(OC)c2)c1. The Labute approximate surface area is 118 Å². The molecule has 0 aromatic heterocycles. The van der Waals surface area contributed by atoms with Gasteiger partial charge in [-0.05, 0) is 36.4 Å². The van der Waals surface area contributed by atoms with E-state index in [-0.39, 0.29) is 0 Å². The van der Waals surface area contributed by atoms with Gasteiger partial charge in [-0.2, -0.15) is 0 Å². The van der Waals surface area contributed by atoms with Crippen LogP contribution in [0.3, 0.4) is 0 Å². The molecule has 0 saturated carbocycles. The summed E-state index contributed by atoms with van der Waals surface area (Å²) in [6.07, 6.45) is 0. The van der Waals surface area contributed by atoms with Crippen LogP contribution in [-0.4, -0.2) is 21.3 Å². The summed E-state index contributed by atoms with van der Waals surface area (Å²) < 4.78 is 28.9. The van der Waals surface area contributed by atoms with Crippen LogP contribution in [0.4, 0.5) is 0 Å². The molecule has 0 amide bonds. The standard InChI is InChI=1S/C15H17O4P/c1-17-12-6-4-8-14(10-12)20(16,19-3)15-9-5-7-13(11-15)18-2/h4-11H,1-3H3. The highest BCUT2D eigenvalue weighted by Gasteiger charge is 2.28. The van der Waals surface area contributed by atoms with Crippen molar-refractivity contribution < 1.29 is 18.6 Å². The molecule has 0 aliphatic carbocycles. The lowest BCUT2D eigenvalue weighted by molar-refractivity contribution is 0.407. The first-order chi connectivity index (χ1) is 9.63. The van der Waals surface area contributed by atoms with Crippen LogP contribution >= 0.6 is 7.37 Å². The van der Waals surface area contributed by atoms with Gasteiger partial charge in [0.15, 0.2) is 0 Å². The van der Waals surface area contributed by atoms with Gasteiger partial charge in [0, 0.05) is 17.7 Å². The fourth-order valence-corrected chi connectivity index (χ4v) is 3.83. The average Bonchev–Trinajstić information content (AvgIpc) is 2.54. The van der Waals surface area contributed by atoms with Crippen LogP contribution in [0.1, 0.15) is 0 Å². The minimum atomic E-state index is -3.15. The van der Waals surface area contributed by atoms with E-state index in [1.54, 1.807) is 62.8 Å². The molecule has 0 radical (unpaired) electrons. The van der Waals surface area contributed by atoms with Crippen molar-refractivity contribution in [2.75, 3.05) is 21.3 Å². The van der Waals surface area contributed by atoms with Crippen molar-refractivity contribution in [2.24, 2.45) is 0 Å². The first kappa shape index (κ1) is 14.6. The van der Waals surface area contributed by atoms with Crippen LogP contribution < -0.4 is 20.1 Å². The highest BCUT2D eigenvalue weighted by Crippen LogP contribution is 2.44. The number of hydrogen-bond donors (Lipinski definition) is 0. The maximum atomic E-state index is 13.2. The van der Waals surface area contributed by atoms with E-state index in [0.29, 0.717) is 22.1 Å². The van der Waals surface area contributed by atoms with Crippen molar-refractivity contribution in [3.63, 3.8) is 0 Å². The lowest BCUT2D eigenvalue weighted by Crippen LogP contribution is -2.17. The number of ether oxygens (including phenoxy) is 2. The van der Waals surface area contributed by atoms with Crippen LogP contribution in [0.5, 0.6) is 11.5 Å². The molecule has 2 rings (SSSR count). The van der Waals surface area contributed by atoms with Crippen molar-refractivity contribution in [3.05, 3.63) is 48.5 Å². The first-order valence-corrected chi connectivity index (χ1v) is 7.71. The molecule has 0 unspecified atom stereocenters. The van der Waals surface area contributed by atoms with E-state index in [4.69, 9.17) is 14.0 Å². The number of hydrogen-bond acceptors (Lipinski definition) is 4. The fourth-order valence-electron chi connectivity index (χ4n) is 1.95. The summed E-state index contributed by atoms with van der Waals surface area (Å²) in [4.78, 5) is 0. The molecule has 0 heterocycles. The van der Waals surface area contributed by atoms with Crippen molar-refractivity contribution in [2.45, 2.75) is 0 Å². The molecular weight excluding hydrogens is 275 g/mol. The third-order valence-electron chi connectivity index (χ3n) is 3.04. The second kappa shape index (κ2) is 6.12. The topological polar surface area (TPSA) is 44.8 Å². The van der Waals surface area contributed by atoms with E-state index in [9.17, 15) is 4.57 Å². The Morgan fingerprint density at radius 1 is 0.800 bits per heavy atom. The third-order valence-corrected chi connectivity index (χ3v) is 5.47. The van der Waals surface area contributed by atoms with Crippen molar-refractivity contribution >= 4 is 18.0 Å². The second-order valence-electron chi connectivity index (χ2n) is 4.14. The maximum absolute atomic E-state index is 13.2. The Balaban J connectivity index is 2.54. The minimum Gasteiger partial charge on any atom is -0.497 e. The molecule has 0 aliphatic heterocycles. The van der Waals surface area contributed by atoms with Gasteiger partial charge >= 0.3 is 0 Å². The van der Waals surface area contributed by atoms with Crippen LogP contribution in [0.15, 0.2) is 48.5 Å². The average molecular weight is 292 g/mol. The van der Waals surface area contributed by atoms with Crippen molar-refractivity contribution in [3.8, 4) is 11.5 Å². The van der Waals surface area contributed by atoms with Crippen LogP contribution in [0.25, 0.3) is 0 Å². The zero-order valence-electron chi connectivity index (χ0n) is 11.7. The van der Waals surface area contributed by atoms with Gasteiger partial charge in [-0.1, -0.05) is 12.1 Å². The Bertz CT molecular complexity index is 588. The van der Waals surface area contributed by atoms with Gasteiger partial charge in [0.2, 0.25) is 0 Å². The van der Waals surface area contributed by atoms with Crippen molar-refractivity contribution in [1.29, 1.82) is 0 Å². The zero-order valence-corrected chi connectivity index (χ0v) is 12.6. The number of rotatable bonds is 5. The van der Waals surface area contributed by atoms with Gasteiger partial charge in [0.1, 0.15) is 11.5 Å². The molecular formula is C15H17O4P. The Hall–Kier alpha value is -1.77. The second-order valence-corrected chi connectivity index (χ2v) is 6.64. The summed E-state index contributed by atoms with van der Waals surface area (Å²) in [5.74, 6) is 1.28. The summed E-state index contributed by atoms with van der Waals surface area (Å²) in [6, 6.07) is 14.2. The molecule has 0 atom stereocenters. The van der Waals surface area contributed by atoms with E-state index in [2.05, 4.69) is 0 Å². The summed E-state index contributed by atoms with van der Waals surface area (Å²) in [5, 5.41) is 1.18. The normalized spacial score (nSPS) is 11.2. The fraction of sp³-hybridized carbons (Fsp3) is 0.200. The third kappa shape index (κ3) is 2.72. The lowest BCUT2D eigenvalue weighted by atomic mass is 10.3. The van der Waals surface area contributed by atoms with E-state index in [1.807, 2.05) is 0 Å². The van der Waals surface area contributed by atoms with E-state index in [0.717, 1.165) is 0 Å². The van der Waals surface area contributed by atoms with Crippen LogP contribution in [0.2, 0.25) is 0 Å². The quantitative estimate of drug-likeness (QED) is 0.795.